The molecule has 1 aromatic rings. The maximum absolute atomic E-state index is 12.5. The first-order valence-electron chi connectivity index (χ1n) is 8.18. The van der Waals surface area contributed by atoms with E-state index in [1.165, 1.54) is 6.08 Å². The molecule has 1 saturated carbocycles. The third kappa shape index (κ3) is 3.87. The fourth-order valence-corrected chi connectivity index (χ4v) is 3.39. The molecule has 1 fully saturated rings. The lowest BCUT2D eigenvalue weighted by Gasteiger charge is -2.17. The Morgan fingerprint density at radius 1 is 1.16 bits per heavy atom. The number of ketones is 1. The number of cyclic esters (lactones) is 1. The highest BCUT2D eigenvalue weighted by atomic mass is 35.5. The summed E-state index contributed by atoms with van der Waals surface area (Å²) < 4.78 is 5.44. The van der Waals surface area contributed by atoms with E-state index in [1.807, 2.05) is 12.2 Å². The molecule has 0 amide bonds. The van der Waals surface area contributed by atoms with Crippen LogP contribution < -0.4 is 0 Å². The molecule has 1 aliphatic heterocycles. The first-order chi connectivity index (χ1) is 11.9. The van der Waals surface area contributed by atoms with Gasteiger partial charge >= 0.3 is 5.97 Å². The quantitative estimate of drug-likeness (QED) is 0.689. The second-order valence-electron chi connectivity index (χ2n) is 6.58. The number of fused-ring (bicyclic) bond motifs is 2. The highest BCUT2D eigenvalue weighted by Gasteiger charge is 2.36. The van der Waals surface area contributed by atoms with Crippen LogP contribution in [0, 0.1) is 11.8 Å². The van der Waals surface area contributed by atoms with Crippen molar-refractivity contribution in [1.82, 2.24) is 0 Å². The van der Waals surface area contributed by atoms with Gasteiger partial charge in [0, 0.05) is 18.1 Å². The van der Waals surface area contributed by atoms with Crippen LogP contribution in [0.1, 0.15) is 35.7 Å². The van der Waals surface area contributed by atoms with Gasteiger partial charge in [-0.1, -0.05) is 29.8 Å². The number of carbonyl (C=O) groups excluding carboxylic acids is 2. The molecule has 6 heteroatoms. The van der Waals surface area contributed by atoms with Gasteiger partial charge in [0.2, 0.25) is 0 Å². The number of ether oxygens (including phenoxy) is 1. The summed E-state index contributed by atoms with van der Waals surface area (Å²) >= 11 is 6.07. The number of rotatable bonds is 0. The lowest BCUT2D eigenvalue weighted by Crippen LogP contribution is -2.18. The van der Waals surface area contributed by atoms with Gasteiger partial charge in [0.15, 0.2) is 5.78 Å². The SMILES string of the molecule is C[C@@H]1C[C@H]2C[C@@H]2/C=C/C=C/C(=O)Cc2c(Cl)c(O)cc(O)c2C(=O)O1. The summed E-state index contributed by atoms with van der Waals surface area (Å²) in [5, 5.41) is 19.8. The van der Waals surface area contributed by atoms with Gasteiger partial charge in [-0.25, -0.2) is 4.79 Å². The molecular formula is C19H19ClO5. The maximum Gasteiger partial charge on any atom is 0.342 e. The van der Waals surface area contributed by atoms with E-state index in [1.54, 1.807) is 13.0 Å². The number of carbonyl (C=O) groups is 2. The standard InChI is InChI=1S/C19H19ClO5/c1-10-6-12-7-11(12)4-2-3-5-13(21)8-14-17(19(24)25-10)15(22)9-16(23)18(14)20/h2-5,9-12,22-23H,6-8H2,1H3/b4-2+,5-3+/t10-,11+,12+/m1/s1. The van der Waals surface area contributed by atoms with Crippen LogP contribution >= 0.6 is 11.6 Å². The topological polar surface area (TPSA) is 83.8 Å². The number of allylic oxidation sites excluding steroid dienone is 4. The minimum Gasteiger partial charge on any atom is -0.507 e. The molecule has 25 heavy (non-hydrogen) atoms. The summed E-state index contributed by atoms with van der Waals surface area (Å²) in [4.78, 5) is 24.7. The second-order valence-corrected chi connectivity index (χ2v) is 6.96. The van der Waals surface area contributed by atoms with Crippen molar-refractivity contribution in [3.63, 3.8) is 0 Å². The molecule has 0 bridgehead atoms. The fourth-order valence-electron chi connectivity index (χ4n) is 3.17. The Kier molecular flexibility index (Phi) is 4.86. The summed E-state index contributed by atoms with van der Waals surface area (Å²) in [6, 6.07) is 0.982. The van der Waals surface area contributed by atoms with Crippen LogP contribution in [0.25, 0.3) is 0 Å². The smallest absolute Gasteiger partial charge is 0.342 e. The third-order valence-corrected chi connectivity index (χ3v) is 4.97. The second kappa shape index (κ2) is 6.92. The number of phenolic OH excluding ortho intramolecular Hbond substituents is 2. The zero-order valence-electron chi connectivity index (χ0n) is 13.7. The van der Waals surface area contributed by atoms with Crippen LogP contribution in [0.15, 0.2) is 30.4 Å². The van der Waals surface area contributed by atoms with Crippen molar-refractivity contribution in [1.29, 1.82) is 0 Å². The lowest BCUT2D eigenvalue weighted by molar-refractivity contribution is -0.114. The van der Waals surface area contributed by atoms with Gasteiger partial charge in [-0.3, -0.25) is 4.79 Å². The molecule has 5 nitrogen and oxygen atoms in total. The van der Waals surface area contributed by atoms with E-state index in [-0.39, 0.29) is 34.5 Å². The lowest BCUT2D eigenvalue weighted by atomic mass is 10.00. The van der Waals surface area contributed by atoms with Crippen molar-refractivity contribution in [2.45, 2.75) is 32.3 Å². The third-order valence-electron chi connectivity index (χ3n) is 4.55. The van der Waals surface area contributed by atoms with Crippen LogP contribution in [-0.4, -0.2) is 28.1 Å². The Labute approximate surface area is 150 Å². The van der Waals surface area contributed by atoms with Gasteiger partial charge in [0.25, 0.3) is 0 Å². The predicted molar refractivity (Wildman–Crippen MR) is 92.9 cm³/mol. The van der Waals surface area contributed by atoms with Crippen LogP contribution in [0.3, 0.4) is 0 Å². The number of benzene rings is 1. The monoisotopic (exact) mass is 362 g/mol. The summed E-state index contributed by atoms with van der Waals surface area (Å²) in [6.45, 7) is 1.80. The number of hydrogen-bond acceptors (Lipinski definition) is 5. The molecule has 1 aliphatic carbocycles. The van der Waals surface area contributed by atoms with E-state index < -0.39 is 17.5 Å². The van der Waals surface area contributed by atoms with Crippen molar-refractivity contribution in [3.05, 3.63) is 46.5 Å². The molecule has 3 rings (SSSR count). The molecule has 0 aromatic heterocycles. The molecular weight excluding hydrogens is 344 g/mol. The highest BCUT2D eigenvalue weighted by Crippen LogP contribution is 2.44. The number of hydrogen-bond donors (Lipinski definition) is 2. The zero-order chi connectivity index (χ0) is 18.1. The summed E-state index contributed by atoms with van der Waals surface area (Å²) in [6.07, 6.45) is 8.13. The van der Waals surface area contributed by atoms with Crippen molar-refractivity contribution in [2.75, 3.05) is 0 Å². The Morgan fingerprint density at radius 2 is 1.92 bits per heavy atom. The van der Waals surface area contributed by atoms with Gasteiger partial charge in [0.05, 0.1) is 11.1 Å². The normalized spacial score (nSPS) is 29.0. The maximum atomic E-state index is 12.5. The van der Waals surface area contributed by atoms with Crippen LogP contribution in [0.2, 0.25) is 5.02 Å². The Bertz CT molecular complexity index is 781. The summed E-state index contributed by atoms with van der Waals surface area (Å²) in [7, 11) is 0. The van der Waals surface area contributed by atoms with Crippen molar-refractivity contribution in [3.8, 4) is 11.5 Å². The molecule has 0 radical (unpaired) electrons. The average molecular weight is 363 g/mol. The zero-order valence-corrected chi connectivity index (χ0v) is 14.5. The Hall–Kier alpha value is -2.27. The molecule has 2 aliphatic rings. The average Bonchev–Trinajstić information content (AvgIpc) is 3.25. The summed E-state index contributed by atoms with van der Waals surface area (Å²) in [5.74, 6) is -1.01. The molecule has 3 atom stereocenters. The molecule has 0 unspecified atom stereocenters. The first-order valence-corrected chi connectivity index (χ1v) is 8.56. The number of esters is 1. The molecule has 132 valence electrons. The highest BCUT2D eigenvalue weighted by molar-refractivity contribution is 6.33. The molecule has 0 spiro atoms. The number of phenols is 2. The van der Waals surface area contributed by atoms with Crippen LogP contribution in [-0.2, 0) is 16.0 Å². The van der Waals surface area contributed by atoms with Crippen molar-refractivity contribution in [2.24, 2.45) is 11.8 Å². The van der Waals surface area contributed by atoms with E-state index >= 15 is 0 Å². The van der Waals surface area contributed by atoms with Gasteiger partial charge in [-0.15, -0.1) is 0 Å². The van der Waals surface area contributed by atoms with Crippen LogP contribution in [0.5, 0.6) is 11.5 Å². The van der Waals surface area contributed by atoms with Gasteiger partial charge in [-0.2, -0.15) is 0 Å². The molecule has 1 aromatic carbocycles. The van der Waals surface area contributed by atoms with E-state index in [0.717, 1.165) is 18.9 Å². The van der Waals surface area contributed by atoms with Gasteiger partial charge in [-0.05, 0) is 37.7 Å². The van der Waals surface area contributed by atoms with Crippen molar-refractivity contribution >= 4 is 23.4 Å². The first kappa shape index (κ1) is 17.5. The Morgan fingerprint density at radius 3 is 2.68 bits per heavy atom. The van der Waals surface area contributed by atoms with Crippen LogP contribution in [0.4, 0.5) is 0 Å². The Balaban J connectivity index is 2.01. The number of aromatic hydroxyl groups is 2. The predicted octanol–water partition coefficient (Wildman–Crippen LogP) is 3.56. The van der Waals surface area contributed by atoms with E-state index in [0.29, 0.717) is 11.8 Å². The van der Waals surface area contributed by atoms with E-state index in [4.69, 9.17) is 16.3 Å². The largest absolute Gasteiger partial charge is 0.507 e. The van der Waals surface area contributed by atoms with E-state index in [9.17, 15) is 19.8 Å². The van der Waals surface area contributed by atoms with Gasteiger partial charge < -0.3 is 14.9 Å². The number of halogens is 1. The van der Waals surface area contributed by atoms with Crippen molar-refractivity contribution < 1.29 is 24.5 Å². The van der Waals surface area contributed by atoms with Gasteiger partial charge in [0.1, 0.15) is 17.1 Å². The minimum atomic E-state index is -0.747. The molecule has 2 N–H and O–H groups in total. The fraction of sp³-hybridized carbons (Fsp3) is 0.368. The minimum absolute atomic E-state index is 0.0661. The molecule has 0 saturated heterocycles. The van der Waals surface area contributed by atoms with E-state index in [2.05, 4.69) is 0 Å². The molecule has 1 heterocycles. The summed E-state index contributed by atoms with van der Waals surface area (Å²) in [5.41, 5.74) is -0.104.